The van der Waals surface area contributed by atoms with E-state index in [1.807, 2.05) is 0 Å². The van der Waals surface area contributed by atoms with E-state index in [-0.39, 0.29) is 0 Å². The molecule has 1 amide bonds. The van der Waals surface area contributed by atoms with E-state index >= 15 is 0 Å². The quantitative estimate of drug-likeness (QED) is 0.856. The lowest BCUT2D eigenvalue weighted by molar-refractivity contribution is 0.0999. The van der Waals surface area contributed by atoms with E-state index < -0.39 is 11.1 Å². The third-order valence-electron chi connectivity index (χ3n) is 2.62. The van der Waals surface area contributed by atoms with Gasteiger partial charge >= 0.3 is 0 Å². The first-order valence-electron chi connectivity index (χ1n) is 5.15. The molecule has 0 atom stereocenters. The smallest absolute Gasteiger partial charge is 0.255 e. The average Bonchev–Trinajstić information content (AvgIpc) is 2.71. The van der Waals surface area contributed by atoms with Crippen molar-refractivity contribution in [2.45, 2.75) is 6.92 Å². The van der Waals surface area contributed by atoms with Gasteiger partial charge in [-0.05, 0) is 42.8 Å². The highest BCUT2D eigenvalue weighted by Crippen LogP contribution is 2.16. The van der Waals surface area contributed by atoms with Gasteiger partial charge in [0.2, 0.25) is 5.91 Å². The summed E-state index contributed by atoms with van der Waals surface area (Å²) in [5.41, 5.74) is 7.29. The van der Waals surface area contributed by atoms with E-state index in [1.54, 1.807) is 35.9 Å². The average molecular weight is 264 g/mol. The fraction of sp³-hybridized carbons (Fsp3) is 0.0833. The van der Waals surface area contributed by atoms with Crippen molar-refractivity contribution >= 4 is 22.8 Å². The van der Waals surface area contributed by atoms with E-state index in [4.69, 9.17) is 17.3 Å². The second kappa shape index (κ2) is 4.62. The molecule has 5 nitrogen and oxygen atoms in total. The number of primary amides is 1. The van der Waals surface area contributed by atoms with Crippen LogP contribution in [0.25, 0.3) is 5.69 Å². The van der Waals surface area contributed by atoms with Crippen molar-refractivity contribution in [3.63, 3.8) is 0 Å². The number of rotatable bonds is 3. The maximum Gasteiger partial charge on any atom is 0.255 e. The molecule has 18 heavy (non-hydrogen) atoms. The minimum Gasteiger partial charge on any atom is -0.366 e. The fourth-order valence-corrected chi connectivity index (χ4v) is 1.82. The Labute approximate surface area is 108 Å². The van der Waals surface area contributed by atoms with Gasteiger partial charge in [-0.15, -0.1) is 0 Å². The van der Waals surface area contributed by atoms with E-state index in [9.17, 15) is 9.59 Å². The third kappa shape index (κ3) is 2.12. The number of benzene rings is 1. The van der Waals surface area contributed by atoms with Crippen LogP contribution in [0.15, 0.2) is 30.5 Å². The van der Waals surface area contributed by atoms with Crippen LogP contribution in [0.4, 0.5) is 0 Å². The number of nitrogens with zero attached hydrogens (tertiary/aromatic N) is 2. The number of carbonyl (C=O) groups is 2. The zero-order valence-electron chi connectivity index (χ0n) is 9.55. The number of hydrogen-bond acceptors (Lipinski definition) is 3. The summed E-state index contributed by atoms with van der Waals surface area (Å²) in [5, 5.41) is 3.53. The van der Waals surface area contributed by atoms with Crippen LogP contribution < -0.4 is 5.73 Å². The molecule has 0 aliphatic rings. The Morgan fingerprint density at radius 1 is 1.28 bits per heavy atom. The Morgan fingerprint density at radius 3 is 2.33 bits per heavy atom. The Hall–Kier alpha value is -2.14. The highest BCUT2D eigenvalue weighted by Gasteiger charge is 2.13. The molecule has 1 aromatic carbocycles. The number of aromatic nitrogens is 2. The second-order valence-corrected chi connectivity index (χ2v) is 4.08. The topological polar surface area (TPSA) is 78.0 Å². The van der Waals surface area contributed by atoms with Crippen molar-refractivity contribution in [2.75, 3.05) is 0 Å². The molecule has 1 heterocycles. The first-order chi connectivity index (χ1) is 8.50. The van der Waals surface area contributed by atoms with E-state index in [2.05, 4.69) is 5.10 Å². The molecule has 0 unspecified atom stereocenters. The van der Waals surface area contributed by atoms with E-state index in [1.165, 1.54) is 6.20 Å². The SMILES string of the molecule is Cc1c(C(=O)Cl)cnn1-c1ccc(C(N)=O)cc1. The highest BCUT2D eigenvalue weighted by molar-refractivity contribution is 6.67. The van der Waals surface area contributed by atoms with Crippen molar-refractivity contribution < 1.29 is 9.59 Å². The lowest BCUT2D eigenvalue weighted by atomic mass is 10.2. The molecule has 0 bridgehead atoms. The second-order valence-electron chi connectivity index (χ2n) is 3.74. The predicted molar refractivity (Wildman–Crippen MR) is 67.0 cm³/mol. The molecular formula is C12H10ClN3O2. The number of amides is 1. The van der Waals surface area contributed by atoms with Gasteiger partial charge in [0.05, 0.1) is 23.1 Å². The predicted octanol–water partition coefficient (Wildman–Crippen LogP) is 1.66. The minimum atomic E-state index is -0.549. The molecule has 0 fully saturated rings. The normalized spacial score (nSPS) is 10.3. The zero-order valence-corrected chi connectivity index (χ0v) is 10.3. The highest BCUT2D eigenvalue weighted by atomic mass is 35.5. The molecule has 6 heteroatoms. The third-order valence-corrected chi connectivity index (χ3v) is 2.82. The molecule has 0 radical (unpaired) electrons. The Bertz CT molecular complexity index is 617. The summed E-state index contributed by atoms with van der Waals surface area (Å²) >= 11 is 5.42. The largest absolute Gasteiger partial charge is 0.366 e. The summed E-state index contributed by atoms with van der Waals surface area (Å²) in [6.07, 6.45) is 1.41. The van der Waals surface area contributed by atoms with E-state index in [0.29, 0.717) is 16.8 Å². The molecule has 0 aliphatic heterocycles. The maximum absolute atomic E-state index is 11.1. The van der Waals surface area contributed by atoms with Gasteiger partial charge in [0.1, 0.15) is 0 Å². The standard InChI is InChI=1S/C12H10ClN3O2/c1-7-10(11(13)17)6-15-16(7)9-4-2-8(3-5-9)12(14)18/h2-6H,1H3,(H2,14,18). The molecule has 1 aromatic heterocycles. The molecular weight excluding hydrogens is 254 g/mol. The summed E-state index contributed by atoms with van der Waals surface area (Å²) in [4.78, 5) is 22.1. The Morgan fingerprint density at radius 2 is 1.89 bits per heavy atom. The van der Waals surface area contributed by atoms with Crippen molar-refractivity contribution in [1.82, 2.24) is 9.78 Å². The van der Waals surface area contributed by atoms with Crippen molar-refractivity contribution in [2.24, 2.45) is 5.73 Å². The molecule has 2 rings (SSSR count). The Balaban J connectivity index is 2.43. The molecule has 2 aromatic rings. The fourth-order valence-electron chi connectivity index (χ4n) is 1.63. The lowest BCUT2D eigenvalue weighted by Crippen LogP contribution is -2.11. The Kier molecular flexibility index (Phi) is 3.16. The van der Waals surface area contributed by atoms with Crippen molar-refractivity contribution in [1.29, 1.82) is 0 Å². The lowest BCUT2D eigenvalue weighted by Gasteiger charge is -2.05. The van der Waals surface area contributed by atoms with Gasteiger partial charge in [-0.3, -0.25) is 9.59 Å². The molecule has 0 saturated heterocycles. The number of nitrogens with two attached hydrogens (primary N) is 1. The summed E-state index contributed by atoms with van der Waals surface area (Å²) < 4.78 is 1.57. The van der Waals surface area contributed by atoms with Crippen LogP contribution in [-0.4, -0.2) is 20.9 Å². The van der Waals surface area contributed by atoms with Crippen LogP contribution >= 0.6 is 11.6 Å². The van der Waals surface area contributed by atoms with E-state index in [0.717, 1.165) is 5.69 Å². The first kappa shape index (κ1) is 12.3. The van der Waals surface area contributed by atoms with Crippen molar-refractivity contribution in [3.05, 3.63) is 47.3 Å². The monoisotopic (exact) mass is 263 g/mol. The van der Waals surface area contributed by atoms with Crippen LogP contribution in [-0.2, 0) is 0 Å². The number of hydrogen-bond donors (Lipinski definition) is 1. The van der Waals surface area contributed by atoms with Crippen LogP contribution in [0.5, 0.6) is 0 Å². The number of halogens is 1. The van der Waals surface area contributed by atoms with Gasteiger partial charge in [-0.25, -0.2) is 4.68 Å². The molecule has 0 spiro atoms. The van der Waals surface area contributed by atoms with Gasteiger partial charge in [0.15, 0.2) is 0 Å². The van der Waals surface area contributed by atoms with Gasteiger partial charge in [-0.2, -0.15) is 5.10 Å². The van der Waals surface area contributed by atoms with Gasteiger partial charge in [-0.1, -0.05) is 0 Å². The summed E-state index contributed by atoms with van der Waals surface area (Å²) in [7, 11) is 0. The zero-order chi connectivity index (χ0) is 13.3. The summed E-state index contributed by atoms with van der Waals surface area (Å²) in [6, 6.07) is 6.59. The molecule has 92 valence electrons. The number of carbonyl (C=O) groups excluding carboxylic acids is 2. The first-order valence-corrected chi connectivity index (χ1v) is 5.53. The van der Waals surface area contributed by atoms with Gasteiger partial charge < -0.3 is 5.73 Å². The molecule has 2 N–H and O–H groups in total. The van der Waals surface area contributed by atoms with Crippen LogP contribution in [0.1, 0.15) is 26.4 Å². The minimum absolute atomic E-state index is 0.357. The molecule has 0 aliphatic carbocycles. The van der Waals surface area contributed by atoms with Crippen LogP contribution in [0.2, 0.25) is 0 Å². The van der Waals surface area contributed by atoms with Gasteiger partial charge in [0, 0.05) is 5.56 Å². The summed E-state index contributed by atoms with van der Waals surface area (Å²) in [6.45, 7) is 1.74. The van der Waals surface area contributed by atoms with Crippen molar-refractivity contribution in [3.8, 4) is 5.69 Å². The van der Waals surface area contributed by atoms with Gasteiger partial charge in [0.25, 0.3) is 5.24 Å². The summed E-state index contributed by atoms with van der Waals surface area (Å²) in [5.74, 6) is -0.490. The van der Waals surface area contributed by atoms with Crippen LogP contribution in [0, 0.1) is 6.92 Å². The maximum atomic E-state index is 11.1. The van der Waals surface area contributed by atoms with Crippen LogP contribution in [0.3, 0.4) is 0 Å². The molecule has 0 saturated carbocycles.